The molecule has 0 aliphatic rings. The zero-order chi connectivity index (χ0) is 25.8. The quantitative estimate of drug-likeness (QED) is 0.360. The predicted octanol–water partition coefficient (Wildman–Crippen LogP) is 5.19. The molecule has 0 saturated carbocycles. The Kier molecular flexibility index (Phi) is 6.72. The molecule has 36 heavy (non-hydrogen) atoms. The first kappa shape index (κ1) is 24.4. The third kappa shape index (κ3) is 6.05. The maximum Gasteiger partial charge on any atom is 0.573 e. The number of anilines is 2. The van der Waals surface area contributed by atoms with Crippen LogP contribution in [-0.4, -0.2) is 37.6 Å². The first-order valence-electron chi connectivity index (χ1n) is 10.5. The lowest BCUT2D eigenvalue weighted by Gasteiger charge is -2.25. The smallest absolute Gasteiger partial charge is 0.437 e. The van der Waals surface area contributed by atoms with Gasteiger partial charge in [-0.1, -0.05) is 12.1 Å². The summed E-state index contributed by atoms with van der Waals surface area (Å²) in [6.07, 6.45) is -1.78. The number of hydrogen-bond donors (Lipinski definition) is 2. The van der Waals surface area contributed by atoms with E-state index < -0.39 is 23.7 Å². The van der Waals surface area contributed by atoms with Crippen LogP contribution < -0.4 is 20.1 Å². The van der Waals surface area contributed by atoms with Gasteiger partial charge in [-0.2, -0.15) is 0 Å². The molecule has 0 aliphatic heterocycles. The minimum atomic E-state index is -4.80. The summed E-state index contributed by atoms with van der Waals surface area (Å²) in [6.45, 7) is 3.89. The molecular formula is C23H20F3N7O3. The molecule has 2 heterocycles. The summed E-state index contributed by atoms with van der Waals surface area (Å²) in [5.41, 5.74) is 0.839. The van der Waals surface area contributed by atoms with E-state index in [1.165, 1.54) is 24.7 Å². The van der Waals surface area contributed by atoms with Crippen LogP contribution in [0.25, 0.3) is 0 Å². The van der Waals surface area contributed by atoms with Crippen molar-refractivity contribution in [1.29, 1.82) is 0 Å². The van der Waals surface area contributed by atoms with Crippen LogP contribution >= 0.6 is 0 Å². The third-order valence-corrected chi connectivity index (χ3v) is 5.04. The van der Waals surface area contributed by atoms with Crippen molar-refractivity contribution in [2.75, 3.05) is 10.6 Å². The molecule has 0 saturated heterocycles. The molecule has 10 nitrogen and oxygen atoms in total. The fraction of sp³-hybridized carbons (Fsp3) is 0.174. The summed E-state index contributed by atoms with van der Waals surface area (Å²) >= 11 is 0. The van der Waals surface area contributed by atoms with Crippen LogP contribution in [0.3, 0.4) is 0 Å². The second-order valence-corrected chi connectivity index (χ2v) is 7.95. The first-order valence-corrected chi connectivity index (χ1v) is 10.5. The summed E-state index contributed by atoms with van der Waals surface area (Å²) in [7, 11) is 0. The van der Waals surface area contributed by atoms with Gasteiger partial charge in [0.25, 0.3) is 0 Å². The highest BCUT2D eigenvalue weighted by Crippen LogP contribution is 2.31. The van der Waals surface area contributed by atoms with Gasteiger partial charge in [0.1, 0.15) is 23.5 Å². The van der Waals surface area contributed by atoms with Gasteiger partial charge >= 0.3 is 12.4 Å². The fourth-order valence-corrected chi connectivity index (χ4v) is 3.19. The highest BCUT2D eigenvalue weighted by molar-refractivity contribution is 6.00. The van der Waals surface area contributed by atoms with Gasteiger partial charge in [-0.05, 0) is 78.4 Å². The number of halogens is 3. The van der Waals surface area contributed by atoms with Crippen LogP contribution in [0.2, 0.25) is 0 Å². The van der Waals surface area contributed by atoms with E-state index in [-0.39, 0.29) is 17.3 Å². The number of carbonyl (C=O) groups excluding carboxylic acids is 1. The van der Waals surface area contributed by atoms with Crippen molar-refractivity contribution in [2.45, 2.75) is 25.7 Å². The van der Waals surface area contributed by atoms with E-state index in [1.54, 1.807) is 22.9 Å². The molecule has 2 aromatic heterocycles. The predicted molar refractivity (Wildman–Crippen MR) is 123 cm³/mol. The van der Waals surface area contributed by atoms with E-state index in [2.05, 4.69) is 35.9 Å². The van der Waals surface area contributed by atoms with E-state index in [9.17, 15) is 18.0 Å². The SMILES string of the molecule is CC(C)(c1cccc(Oc2ncccc2NC(=O)Nc2ccc(OC(F)(F)F)cc2)c1)n1cnnn1. The van der Waals surface area contributed by atoms with Crippen molar-refractivity contribution in [3.05, 3.63) is 78.8 Å². The Labute approximate surface area is 203 Å². The number of hydrogen-bond acceptors (Lipinski definition) is 7. The molecule has 0 atom stereocenters. The van der Waals surface area contributed by atoms with Crippen LogP contribution in [-0.2, 0) is 5.54 Å². The number of rotatable bonds is 7. The van der Waals surface area contributed by atoms with Crippen LogP contribution in [0.1, 0.15) is 19.4 Å². The molecule has 186 valence electrons. The molecule has 4 rings (SSSR count). The van der Waals surface area contributed by atoms with Crippen LogP contribution in [0.4, 0.5) is 29.3 Å². The van der Waals surface area contributed by atoms with Crippen molar-refractivity contribution in [3.63, 3.8) is 0 Å². The number of alkyl halides is 3. The molecule has 0 radical (unpaired) electrons. The Bertz CT molecular complexity index is 1330. The summed E-state index contributed by atoms with van der Waals surface area (Å²) in [5, 5.41) is 16.5. The average Bonchev–Trinajstić information content (AvgIpc) is 3.37. The van der Waals surface area contributed by atoms with Gasteiger partial charge in [-0.15, -0.1) is 18.3 Å². The number of carbonyl (C=O) groups is 1. The molecule has 13 heteroatoms. The van der Waals surface area contributed by atoms with Crippen LogP contribution in [0.5, 0.6) is 17.4 Å². The number of benzene rings is 2. The summed E-state index contributed by atoms with van der Waals surface area (Å²) in [4.78, 5) is 16.7. The van der Waals surface area contributed by atoms with E-state index >= 15 is 0 Å². The van der Waals surface area contributed by atoms with Gasteiger partial charge in [0.2, 0.25) is 5.88 Å². The van der Waals surface area contributed by atoms with E-state index in [4.69, 9.17) is 4.74 Å². The zero-order valence-corrected chi connectivity index (χ0v) is 19.0. The molecular weight excluding hydrogens is 479 g/mol. The Hall–Kier alpha value is -4.68. The van der Waals surface area contributed by atoms with Crippen LogP contribution in [0.15, 0.2) is 73.2 Å². The summed E-state index contributed by atoms with van der Waals surface area (Å²) < 4.78 is 48.3. The molecule has 0 spiro atoms. The van der Waals surface area contributed by atoms with Crippen molar-refractivity contribution < 1.29 is 27.4 Å². The zero-order valence-electron chi connectivity index (χ0n) is 19.0. The second kappa shape index (κ2) is 9.90. The second-order valence-electron chi connectivity index (χ2n) is 7.95. The average molecular weight is 499 g/mol. The van der Waals surface area contributed by atoms with E-state index in [0.29, 0.717) is 5.75 Å². The lowest BCUT2D eigenvalue weighted by molar-refractivity contribution is -0.274. The minimum absolute atomic E-state index is 0.138. The summed E-state index contributed by atoms with van der Waals surface area (Å²) in [6, 6.07) is 14.6. The van der Waals surface area contributed by atoms with Crippen molar-refractivity contribution in [3.8, 4) is 17.4 Å². The number of pyridine rings is 1. The number of urea groups is 1. The first-order chi connectivity index (χ1) is 17.1. The fourth-order valence-electron chi connectivity index (χ4n) is 3.19. The molecule has 2 amide bonds. The van der Waals surface area contributed by atoms with Gasteiger partial charge in [0, 0.05) is 11.9 Å². The number of amides is 2. The van der Waals surface area contributed by atoms with E-state index in [0.717, 1.165) is 17.7 Å². The highest BCUT2D eigenvalue weighted by atomic mass is 19.4. The molecule has 0 bridgehead atoms. The maximum atomic E-state index is 12.5. The van der Waals surface area contributed by atoms with Crippen molar-refractivity contribution >= 4 is 17.4 Å². The number of nitrogens with zero attached hydrogens (tertiary/aromatic N) is 5. The van der Waals surface area contributed by atoms with E-state index in [1.807, 2.05) is 32.0 Å². The normalized spacial score (nSPS) is 11.6. The van der Waals surface area contributed by atoms with Gasteiger partial charge in [0.05, 0.1) is 5.54 Å². The third-order valence-electron chi connectivity index (χ3n) is 5.04. The Morgan fingerprint density at radius 2 is 1.75 bits per heavy atom. The van der Waals surface area contributed by atoms with Gasteiger partial charge < -0.3 is 20.1 Å². The molecule has 2 aromatic carbocycles. The largest absolute Gasteiger partial charge is 0.573 e. The molecule has 4 aromatic rings. The number of aromatic nitrogens is 5. The maximum absolute atomic E-state index is 12.5. The van der Waals surface area contributed by atoms with Crippen LogP contribution in [0, 0.1) is 0 Å². The topological polar surface area (TPSA) is 116 Å². The minimum Gasteiger partial charge on any atom is -0.437 e. The molecule has 0 aliphatic carbocycles. The number of ether oxygens (including phenoxy) is 2. The number of nitrogens with one attached hydrogen (secondary N) is 2. The van der Waals surface area contributed by atoms with Crippen molar-refractivity contribution in [1.82, 2.24) is 25.2 Å². The lowest BCUT2D eigenvalue weighted by atomic mass is 9.94. The Morgan fingerprint density at radius 3 is 2.44 bits per heavy atom. The standard InChI is InChI=1S/C23H20F3N7O3/c1-22(2,33-14-28-31-32-33)15-5-3-6-18(13-15)35-20-19(7-4-12-27-20)30-21(34)29-16-8-10-17(11-9-16)36-23(24,25)26/h3-14H,1-2H3,(H2,29,30,34). The van der Waals surface area contributed by atoms with Gasteiger partial charge in [-0.25, -0.2) is 14.5 Å². The van der Waals surface area contributed by atoms with Gasteiger partial charge in [-0.3, -0.25) is 0 Å². The lowest BCUT2D eigenvalue weighted by Crippen LogP contribution is -2.28. The Balaban J connectivity index is 1.45. The summed E-state index contributed by atoms with van der Waals surface area (Å²) in [5.74, 6) is 0.205. The Morgan fingerprint density at radius 1 is 0.972 bits per heavy atom. The van der Waals surface area contributed by atoms with Gasteiger partial charge in [0.15, 0.2) is 0 Å². The van der Waals surface area contributed by atoms with Crippen molar-refractivity contribution in [2.24, 2.45) is 0 Å². The molecule has 2 N–H and O–H groups in total. The highest BCUT2D eigenvalue weighted by Gasteiger charge is 2.31. The monoisotopic (exact) mass is 499 g/mol. The molecule has 0 fully saturated rings. The molecule has 0 unspecified atom stereocenters. The number of tetrazole rings is 1.